The summed E-state index contributed by atoms with van der Waals surface area (Å²) in [4.78, 5) is 0. The van der Waals surface area contributed by atoms with Crippen molar-refractivity contribution >= 4 is 0 Å². The SMILES string of the molecule is C=C[C@]1(C)CC[C@H]2C(C)=CC[C@@H](C)[C@]2(C)O1. The van der Waals surface area contributed by atoms with Gasteiger partial charge in [0.25, 0.3) is 0 Å². The van der Waals surface area contributed by atoms with E-state index >= 15 is 0 Å². The summed E-state index contributed by atoms with van der Waals surface area (Å²) in [5, 5.41) is 0. The summed E-state index contributed by atoms with van der Waals surface area (Å²) in [7, 11) is 0. The van der Waals surface area contributed by atoms with Gasteiger partial charge >= 0.3 is 0 Å². The van der Waals surface area contributed by atoms with Crippen LogP contribution in [0.25, 0.3) is 0 Å². The van der Waals surface area contributed by atoms with Crippen LogP contribution in [-0.4, -0.2) is 11.2 Å². The summed E-state index contributed by atoms with van der Waals surface area (Å²) >= 11 is 0. The highest BCUT2D eigenvalue weighted by atomic mass is 16.5. The van der Waals surface area contributed by atoms with Crippen LogP contribution in [0.2, 0.25) is 0 Å². The van der Waals surface area contributed by atoms with Gasteiger partial charge in [0, 0.05) is 5.92 Å². The molecule has 0 aromatic carbocycles. The molecule has 0 aromatic rings. The van der Waals surface area contributed by atoms with Crippen LogP contribution >= 0.6 is 0 Å². The van der Waals surface area contributed by atoms with E-state index in [9.17, 15) is 0 Å². The average Bonchev–Trinajstić information content (AvgIpc) is 2.24. The van der Waals surface area contributed by atoms with Gasteiger partial charge in [-0.05, 0) is 46.0 Å². The van der Waals surface area contributed by atoms with Gasteiger partial charge in [-0.25, -0.2) is 0 Å². The Balaban J connectivity index is 2.33. The molecule has 90 valence electrons. The predicted molar refractivity (Wildman–Crippen MR) is 68.4 cm³/mol. The van der Waals surface area contributed by atoms with E-state index < -0.39 is 0 Å². The Morgan fingerprint density at radius 3 is 2.81 bits per heavy atom. The molecule has 1 aliphatic heterocycles. The van der Waals surface area contributed by atoms with Gasteiger partial charge in [0.05, 0.1) is 11.2 Å². The third-order valence-electron chi connectivity index (χ3n) is 4.83. The summed E-state index contributed by atoms with van der Waals surface area (Å²) in [5.41, 5.74) is 1.39. The number of fused-ring (bicyclic) bond motifs is 1. The Morgan fingerprint density at radius 2 is 2.19 bits per heavy atom. The van der Waals surface area contributed by atoms with E-state index in [1.54, 1.807) is 0 Å². The van der Waals surface area contributed by atoms with Crippen molar-refractivity contribution < 1.29 is 4.74 Å². The summed E-state index contributed by atoms with van der Waals surface area (Å²) in [6, 6.07) is 0. The third-order valence-corrected chi connectivity index (χ3v) is 4.83. The van der Waals surface area contributed by atoms with Gasteiger partial charge in [-0.2, -0.15) is 0 Å². The lowest BCUT2D eigenvalue weighted by atomic mass is 9.65. The van der Waals surface area contributed by atoms with Crippen molar-refractivity contribution in [3.63, 3.8) is 0 Å². The van der Waals surface area contributed by atoms with Crippen molar-refractivity contribution in [3.05, 3.63) is 24.3 Å². The largest absolute Gasteiger partial charge is 0.364 e. The molecule has 1 fully saturated rings. The van der Waals surface area contributed by atoms with Crippen LogP contribution in [0.3, 0.4) is 0 Å². The molecule has 1 nitrogen and oxygen atoms in total. The van der Waals surface area contributed by atoms with Crippen molar-refractivity contribution in [3.8, 4) is 0 Å². The van der Waals surface area contributed by atoms with E-state index in [0.717, 1.165) is 12.8 Å². The molecule has 0 N–H and O–H groups in total. The van der Waals surface area contributed by atoms with Crippen LogP contribution in [-0.2, 0) is 4.74 Å². The zero-order valence-electron chi connectivity index (χ0n) is 11.0. The summed E-state index contributed by atoms with van der Waals surface area (Å²) in [6.45, 7) is 13.0. The maximum absolute atomic E-state index is 6.44. The van der Waals surface area contributed by atoms with Crippen molar-refractivity contribution in [1.82, 2.24) is 0 Å². The number of ether oxygens (including phenoxy) is 1. The number of hydrogen-bond acceptors (Lipinski definition) is 1. The molecule has 1 saturated heterocycles. The molecule has 1 heterocycles. The second kappa shape index (κ2) is 3.73. The van der Waals surface area contributed by atoms with Crippen LogP contribution in [0.1, 0.15) is 47.0 Å². The highest BCUT2D eigenvalue weighted by Crippen LogP contribution is 2.50. The van der Waals surface area contributed by atoms with Crippen molar-refractivity contribution in [2.45, 2.75) is 58.2 Å². The monoisotopic (exact) mass is 220 g/mol. The Labute approximate surface area is 99.6 Å². The van der Waals surface area contributed by atoms with E-state index in [0.29, 0.717) is 11.8 Å². The second-order valence-corrected chi connectivity index (χ2v) is 5.98. The van der Waals surface area contributed by atoms with Gasteiger partial charge in [-0.15, -0.1) is 6.58 Å². The van der Waals surface area contributed by atoms with E-state index in [4.69, 9.17) is 4.74 Å². The highest BCUT2D eigenvalue weighted by molar-refractivity contribution is 5.19. The fourth-order valence-corrected chi connectivity index (χ4v) is 3.35. The van der Waals surface area contributed by atoms with Gasteiger partial charge in [0.2, 0.25) is 0 Å². The molecule has 4 atom stereocenters. The molecule has 0 spiro atoms. The fourth-order valence-electron chi connectivity index (χ4n) is 3.35. The average molecular weight is 220 g/mol. The molecule has 1 aliphatic carbocycles. The van der Waals surface area contributed by atoms with E-state index in [2.05, 4.69) is 40.3 Å². The van der Waals surface area contributed by atoms with Crippen molar-refractivity contribution in [2.24, 2.45) is 11.8 Å². The zero-order valence-corrected chi connectivity index (χ0v) is 11.0. The predicted octanol–water partition coefficient (Wildman–Crippen LogP) is 4.10. The number of allylic oxidation sites excluding steroid dienone is 1. The lowest BCUT2D eigenvalue weighted by Gasteiger charge is -2.54. The normalized spacial score (nSPS) is 48.1. The first-order valence-electron chi connectivity index (χ1n) is 6.42. The molecule has 0 amide bonds. The van der Waals surface area contributed by atoms with Gasteiger partial charge in [0.15, 0.2) is 0 Å². The third kappa shape index (κ3) is 1.66. The Hall–Kier alpha value is -0.560. The second-order valence-electron chi connectivity index (χ2n) is 5.98. The van der Waals surface area contributed by atoms with Crippen molar-refractivity contribution in [1.29, 1.82) is 0 Å². The lowest BCUT2D eigenvalue weighted by molar-refractivity contribution is -0.199. The highest BCUT2D eigenvalue weighted by Gasteiger charge is 2.49. The van der Waals surface area contributed by atoms with Crippen molar-refractivity contribution in [2.75, 3.05) is 0 Å². The van der Waals surface area contributed by atoms with Gasteiger partial charge in [0.1, 0.15) is 0 Å². The Bertz CT molecular complexity index is 330. The van der Waals surface area contributed by atoms with E-state index in [1.807, 2.05) is 6.08 Å². The summed E-state index contributed by atoms with van der Waals surface area (Å²) in [6.07, 6.45) is 7.85. The molecule has 0 unspecified atom stereocenters. The molecular formula is C15H24O. The van der Waals surface area contributed by atoms with Crippen LogP contribution < -0.4 is 0 Å². The molecule has 16 heavy (non-hydrogen) atoms. The van der Waals surface area contributed by atoms with Crippen LogP contribution in [0, 0.1) is 11.8 Å². The molecule has 2 aliphatic rings. The smallest absolute Gasteiger partial charge is 0.0839 e. The maximum Gasteiger partial charge on any atom is 0.0839 e. The fraction of sp³-hybridized carbons (Fsp3) is 0.733. The first-order chi connectivity index (χ1) is 7.41. The minimum absolute atomic E-state index is 0.0000231. The first-order valence-corrected chi connectivity index (χ1v) is 6.42. The standard InChI is InChI=1S/C15H24O/c1-6-14(4)10-9-13-11(2)7-8-12(3)15(13,5)16-14/h6-7,12-13H,1,8-10H2,2-5H3/t12-,13+,14-,15+/m1/s1. The van der Waals surface area contributed by atoms with Gasteiger partial charge in [-0.1, -0.05) is 24.6 Å². The molecule has 0 saturated carbocycles. The number of hydrogen-bond donors (Lipinski definition) is 0. The molecular weight excluding hydrogens is 196 g/mol. The van der Waals surface area contributed by atoms with Crippen LogP contribution in [0.5, 0.6) is 0 Å². The van der Waals surface area contributed by atoms with Gasteiger partial charge in [-0.3, -0.25) is 0 Å². The van der Waals surface area contributed by atoms with Crippen LogP contribution in [0.4, 0.5) is 0 Å². The molecule has 0 bridgehead atoms. The minimum Gasteiger partial charge on any atom is -0.364 e. The molecule has 1 heteroatoms. The molecule has 2 rings (SSSR count). The summed E-state index contributed by atoms with van der Waals surface area (Å²) < 4.78 is 6.44. The molecule has 0 radical (unpaired) electrons. The zero-order chi connectivity index (χ0) is 12.0. The lowest BCUT2D eigenvalue weighted by Crippen LogP contribution is -2.55. The first kappa shape index (κ1) is 11.9. The summed E-state index contributed by atoms with van der Waals surface area (Å²) in [5.74, 6) is 1.20. The minimum atomic E-state index is -0.128. The Kier molecular flexibility index (Phi) is 2.78. The Morgan fingerprint density at radius 1 is 1.50 bits per heavy atom. The maximum atomic E-state index is 6.44. The topological polar surface area (TPSA) is 9.23 Å². The number of rotatable bonds is 1. The quantitative estimate of drug-likeness (QED) is 0.604. The van der Waals surface area contributed by atoms with Gasteiger partial charge < -0.3 is 4.74 Å². The van der Waals surface area contributed by atoms with E-state index in [-0.39, 0.29) is 11.2 Å². The van der Waals surface area contributed by atoms with E-state index in [1.165, 1.54) is 12.0 Å². The van der Waals surface area contributed by atoms with Crippen LogP contribution in [0.15, 0.2) is 24.3 Å². The molecule has 0 aromatic heterocycles.